The third-order valence-corrected chi connectivity index (χ3v) is 8.01. The number of aromatic nitrogens is 2. The van der Waals surface area contributed by atoms with E-state index in [0.29, 0.717) is 63.3 Å². The van der Waals surface area contributed by atoms with E-state index in [4.69, 9.17) is 20.8 Å². The molecular formula is C27H30ClF3N6O3S. The van der Waals surface area contributed by atoms with E-state index < -0.39 is 11.9 Å². The van der Waals surface area contributed by atoms with Crippen molar-refractivity contribution in [2.75, 3.05) is 75.4 Å². The number of piperazine rings is 1. The molecule has 0 atom stereocenters. The number of thioether (sulfide) groups is 1. The van der Waals surface area contributed by atoms with Gasteiger partial charge in [-0.25, -0.2) is 9.97 Å². The van der Waals surface area contributed by atoms with Crippen LogP contribution < -0.4 is 15.1 Å². The molecule has 0 saturated carbocycles. The first-order valence-electron chi connectivity index (χ1n) is 13.3. The van der Waals surface area contributed by atoms with Gasteiger partial charge in [0.1, 0.15) is 11.6 Å². The Morgan fingerprint density at radius 3 is 2.46 bits per heavy atom. The quantitative estimate of drug-likeness (QED) is 0.279. The van der Waals surface area contributed by atoms with E-state index in [1.54, 1.807) is 12.1 Å². The topological polar surface area (TPSA) is 87.0 Å². The van der Waals surface area contributed by atoms with Crippen LogP contribution in [0.3, 0.4) is 0 Å². The first-order chi connectivity index (χ1) is 19.8. The van der Waals surface area contributed by atoms with Crippen molar-refractivity contribution in [2.45, 2.75) is 17.1 Å². The summed E-state index contributed by atoms with van der Waals surface area (Å²) in [5.74, 6) is 0.618. The smallest absolute Gasteiger partial charge is 0.433 e. The van der Waals surface area contributed by atoms with Gasteiger partial charge >= 0.3 is 6.18 Å². The average molecular weight is 611 g/mol. The van der Waals surface area contributed by atoms with Crippen LogP contribution in [0.25, 0.3) is 0 Å². The van der Waals surface area contributed by atoms with Crippen LogP contribution in [0.2, 0.25) is 5.02 Å². The van der Waals surface area contributed by atoms with Crippen LogP contribution in [-0.2, 0) is 16.7 Å². The lowest BCUT2D eigenvalue weighted by Crippen LogP contribution is -2.47. The molecule has 5 rings (SSSR count). The first kappa shape index (κ1) is 29.5. The predicted octanol–water partition coefficient (Wildman–Crippen LogP) is 4.42. The highest BCUT2D eigenvalue weighted by atomic mass is 35.5. The standard InChI is InChI=1S/C27H30ClF3N6O3S/c28-20-3-1-2-4-21(20)36-9-11-37(12-10-36)24-17-23(27(29,30)31)33-26(34-24)41-18-19-5-6-22(40-19)25(38)32-7-8-35-13-15-39-16-14-35/h1-6,17H,7-16,18H2,(H,32,38). The predicted molar refractivity (Wildman–Crippen MR) is 151 cm³/mol. The second-order valence-corrected chi connectivity index (χ2v) is 10.9. The van der Waals surface area contributed by atoms with Crippen molar-refractivity contribution >= 4 is 40.8 Å². The molecule has 41 heavy (non-hydrogen) atoms. The number of halogens is 4. The molecule has 2 saturated heterocycles. The number of anilines is 2. The Hall–Kier alpha value is -3.00. The molecule has 0 spiro atoms. The number of carbonyl (C=O) groups excluding carboxylic acids is 1. The highest BCUT2D eigenvalue weighted by molar-refractivity contribution is 7.98. The van der Waals surface area contributed by atoms with Crippen molar-refractivity contribution in [3.63, 3.8) is 0 Å². The van der Waals surface area contributed by atoms with Crippen molar-refractivity contribution in [3.8, 4) is 0 Å². The maximum atomic E-state index is 13.7. The molecule has 2 fully saturated rings. The summed E-state index contributed by atoms with van der Waals surface area (Å²) in [6.45, 7) is 6.33. The molecule has 1 amide bonds. The van der Waals surface area contributed by atoms with Gasteiger partial charge in [0.25, 0.3) is 5.91 Å². The van der Waals surface area contributed by atoms with Crippen LogP contribution in [0.1, 0.15) is 22.0 Å². The minimum Gasteiger partial charge on any atom is -0.455 e. The molecule has 220 valence electrons. The number of ether oxygens (including phenoxy) is 1. The normalized spacial score (nSPS) is 16.7. The van der Waals surface area contributed by atoms with Gasteiger partial charge in [0.15, 0.2) is 16.6 Å². The maximum Gasteiger partial charge on any atom is 0.433 e. The van der Waals surface area contributed by atoms with Gasteiger partial charge in [-0.3, -0.25) is 9.69 Å². The van der Waals surface area contributed by atoms with E-state index in [1.807, 2.05) is 29.2 Å². The lowest BCUT2D eigenvalue weighted by Gasteiger charge is -2.37. The Bertz CT molecular complexity index is 1330. The molecule has 1 aromatic carbocycles. The molecule has 0 aliphatic carbocycles. The third kappa shape index (κ3) is 7.85. The fourth-order valence-corrected chi connectivity index (χ4v) is 5.62. The lowest BCUT2D eigenvalue weighted by atomic mass is 10.2. The number of hydrogen-bond acceptors (Lipinski definition) is 9. The second kappa shape index (κ2) is 13.3. The average Bonchev–Trinajstić information content (AvgIpc) is 3.46. The van der Waals surface area contributed by atoms with Gasteiger partial charge < -0.3 is 24.3 Å². The van der Waals surface area contributed by atoms with E-state index in [0.717, 1.165) is 36.6 Å². The van der Waals surface area contributed by atoms with E-state index in [2.05, 4.69) is 25.1 Å². The number of para-hydroxylation sites is 1. The summed E-state index contributed by atoms with van der Waals surface area (Å²) in [6.07, 6.45) is -4.62. The number of nitrogens with one attached hydrogen (secondary N) is 1. The van der Waals surface area contributed by atoms with Crippen LogP contribution in [0.15, 0.2) is 52.0 Å². The molecule has 0 radical (unpaired) electrons. The van der Waals surface area contributed by atoms with Gasteiger partial charge in [-0.15, -0.1) is 0 Å². The summed E-state index contributed by atoms with van der Waals surface area (Å²) in [5, 5.41) is 3.44. The number of alkyl halides is 3. The summed E-state index contributed by atoms with van der Waals surface area (Å²) in [5.41, 5.74) is -0.106. The number of hydrogen-bond donors (Lipinski definition) is 1. The molecule has 2 aliphatic rings. The number of furan rings is 1. The molecule has 0 unspecified atom stereocenters. The third-order valence-electron chi connectivity index (χ3n) is 6.83. The molecule has 1 N–H and O–H groups in total. The molecular weight excluding hydrogens is 581 g/mol. The van der Waals surface area contributed by atoms with Crippen molar-refractivity contribution in [2.24, 2.45) is 0 Å². The minimum absolute atomic E-state index is 0.0173. The Morgan fingerprint density at radius 1 is 1.00 bits per heavy atom. The van der Waals surface area contributed by atoms with Gasteiger partial charge in [0.2, 0.25) is 0 Å². The SMILES string of the molecule is O=C(NCCN1CCOCC1)c1ccc(CSc2nc(N3CCN(c4ccccc4Cl)CC3)cc(C(F)(F)F)n2)o1. The zero-order chi connectivity index (χ0) is 28.8. The van der Waals surface area contributed by atoms with Crippen LogP contribution in [-0.4, -0.2) is 86.3 Å². The molecule has 9 nitrogen and oxygen atoms in total. The van der Waals surface area contributed by atoms with Crippen molar-refractivity contribution in [1.82, 2.24) is 20.2 Å². The highest BCUT2D eigenvalue weighted by Gasteiger charge is 2.35. The lowest BCUT2D eigenvalue weighted by molar-refractivity contribution is -0.141. The Labute approximate surface area is 245 Å². The fraction of sp³-hybridized carbons (Fsp3) is 0.444. The Balaban J connectivity index is 1.19. The number of nitrogens with zero attached hydrogens (tertiary/aromatic N) is 5. The summed E-state index contributed by atoms with van der Waals surface area (Å²) in [6, 6.07) is 11.7. The van der Waals surface area contributed by atoms with Gasteiger partial charge in [0.05, 0.1) is 29.7 Å². The van der Waals surface area contributed by atoms with Crippen molar-refractivity contribution in [1.29, 1.82) is 0 Å². The summed E-state index contributed by atoms with van der Waals surface area (Å²) in [4.78, 5) is 26.8. The van der Waals surface area contributed by atoms with Gasteiger partial charge in [-0.1, -0.05) is 35.5 Å². The van der Waals surface area contributed by atoms with Gasteiger partial charge in [0, 0.05) is 58.4 Å². The molecule has 3 aromatic rings. The number of amides is 1. The zero-order valence-electron chi connectivity index (χ0n) is 22.2. The summed E-state index contributed by atoms with van der Waals surface area (Å²) >= 11 is 7.34. The van der Waals surface area contributed by atoms with Crippen LogP contribution in [0, 0.1) is 0 Å². The minimum atomic E-state index is -4.62. The zero-order valence-corrected chi connectivity index (χ0v) is 23.8. The monoisotopic (exact) mass is 610 g/mol. The fourth-order valence-electron chi connectivity index (χ4n) is 4.62. The molecule has 0 bridgehead atoms. The number of rotatable bonds is 9. The number of carbonyl (C=O) groups is 1. The second-order valence-electron chi connectivity index (χ2n) is 9.58. The molecule has 4 heterocycles. The van der Waals surface area contributed by atoms with Gasteiger partial charge in [-0.05, 0) is 24.3 Å². The van der Waals surface area contributed by atoms with E-state index in [-0.39, 0.29) is 28.4 Å². The molecule has 2 aromatic heterocycles. The summed E-state index contributed by atoms with van der Waals surface area (Å²) < 4.78 is 52.1. The van der Waals surface area contributed by atoms with E-state index >= 15 is 0 Å². The van der Waals surface area contributed by atoms with Crippen LogP contribution in [0.4, 0.5) is 24.7 Å². The Morgan fingerprint density at radius 2 is 1.73 bits per heavy atom. The molecule has 2 aliphatic heterocycles. The maximum absolute atomic E-state index is 13.7. The van der Waals surface area contributed by atoms with Gasteiger partial charge in [-0.2, -0.15) is 13.2 Å². The highest BCUT2D eigenvalue weighted by Crippen LogP contribution is 2.33. The number of benzene rings is 1. The first-order valence-corrected chi connectivity index (χ1v) is 14.6. The van der Waals surface area contributed by atoms with E-state index in [9.17, 15) is 18.0 Å². The number of morpholine rings is 1. The summed E-state index contributed by atoms with van der Waals surface area (Å²) in [7, 11) is 0. The van der Waals surface area contributed by atoms with Crippen LogP contribution >= 0.6 is 23.4 Å². The van der Waals surface area contributed by atoms with E-state index in [1.165, 1.54) is 0 Å². The largest absolute Gasteiger partial charge is 0.455 e. The van der Waals surface area contributed by atoms with Crippen molar-refractivity contribution < 1.29 is 27.1 Å². The molecule has 14 heteroatoms. The Kier molecular flexibility index (Phi) is 9.58. The van der Waals surface area contributed by atoms with Crippen LogP contribution in [0.5, 0.6) is 0 Å². The van der Waals surface area contributed by atoms with Crippen molar-refractivity contribution in [3.05, 3.63) is 64.7 Å².